The molecule has 15 unspecified atom stereocenters. The van der Waals surface area contributed by atoms with Crippen LogP contribution in [-0.2, 0) is 119 Å². The van der Waals surface area contributed by atoms with E-state index in [2.05, 4.69) is 26.6 Å². The first-order valence-electron chi connectivity index (χ1n) is 43.0. The van der Waals surface area contributed by atoms with Crippen LogP contribution in [0.25, 0.3) is 0 Å². The van der Waals surface area contributed by atoms with E-state index >= 15 is 0 Å². The Balaban J connectivity index is 1.05. The van der Waals surface area contributed by atoms with Crippen molar-refractivity contribution in [1.82, 2.24) is 31.5 Å². The number of carbonyl (C=O) groups excluding carboxylic acids is 8. The van der Waals surface area contributed by atoms with Gasteiger partial charge in [-0.25, -0.2) is 0 Å². The zero-order valence-corrected chi connectivity index (χ0v) is 71.1. The van der Waals surface area contributed by atoms with Gasteiger partial charge in [-0.2, -0.15) is 0 Å². The number of ketones is 1. The minimum atomic E-state index is -1.24. The van der Waals surface area contributed by atoms with E-state index in [1.807, 2.05) is 0 Å². The lowest BCUT2D eigenvalue weighted by Gasteiger charge is -2.40. The summed E-state index contributed by atoms with van der Waals surface area (Å²) in [5.74, 6) is -4.76. The summed E-state index contributed by atoms with van der Waals surface area (Å²) in [5, 5.41) is 104. The molecule has 4 aliphatic heterocycles. The molecule has 5 aliphatic rings. The smallest absolute Gasteiger partial charge is 0.253 e. The molecule has 5 rings (SSSR count). The van der Waals surface area contributed by atoms with Crippen LogP contribution in [0.5, 0.6) is 0 Å². The van der Waals surface area contributed by atoms with Crippen LogP contribution in [0.3, 0.4) is 0 Å². The number of ether oxygens (including phenoxy) is 17. The van der Waals surface area contributed by atoms with E-state index in [-0.39, 0.29) is 259 Å². The Kier molecular flexibility index (Phi) is 55.3. The molecule has 0 radical (unpaired) electrons. The van der Waals surface area contributed by atoms with Gasteiger partial charge in [0, 0.05) is 132 Å². The third-order valence-electron chi connectivity index (χ3n) is 21.1. The average molecular weight is 1740 g/mol. The Morgan fingerprint density at radius 1 is 0.380 bits per heavy atom. The molecule has 14 N–H and O–H groups in total. The number of unbranched alkanes of at least 4 members (excludes halogenated alkanes) is 7. The number of nitrogens with zero attached hydrogens (tertiary/aromatic N) is 1. The van der Waals surface area contributed by atoms with Crippen LogP contribution < -0.4 is 26.6 Å². The molecule has 4 heterocycles. The van der Waals surface area contributed by atoms with E-state index < -0.39 is 134 Å². The van der Waals surface area contributed by atoms with Crippen LogP contribution in [-0.4, -0.2) is 389 Å². The molecule has 1 saturated carbocycles. The second kappa shape index (κ2) is 62.9. The molecule has 700 valence electrons. The first-order chi connectivity index (χ1) is 58.5. The van der Waals surface area contributed by atoms with Crippen molar-refractivity contribution in [2.24, 2.45) is 23.2 Å². The van der Waals surface area contributed by atoms with Crippen molar-refractivity contribution in [2.45, 2.75) is 222 Å². The van der Waals surface area contributed by atoms with Crippen LogP contribution in [0.4, 0.5) is 0 Å². The predicted octanol–water partition coefficient (Wildman–Crippen LogP) is -2.37. The van der Waals surface area contributed by atoms with Crippen LogP contribution in [0.15, 0.2) is 12.2 Å². The molecule has 0 bridgehead atoms. The summed E-state index contributed by atoms with van der Waals surface area (Å²) in [6.45, 7) is 7.37. The quantitative estimate of drug-likeness (QED) is 0.0172. The molecule has 0 aromatic rings. The number of imide groups is 1. The van der Waals surface area contributed by atoms with Crippen LogP contribution >= 0.6 is 0 Å². The lowest BCUT2D eigenvalue weighted by Crippen LogP contribution is -2.55. The summed E-state index contributed by atoms with van der Waals surface area (Å²) >= 11 is 0. The largest absolute Gasteiger partial charge is 0.394 e. The number of hydrogen-bond donors (Lipinski definition) is 14. The SMILES string of the molecule is CC1C(OCCOCCOCCNC(=O)CCOCC(COCCC(=O)NCCOCCOCCOC2OC(CO)C(O)C(O)C2C)(COCCC(=O)NCCOCCOCCOC2OC(CO)C(O)C(O)C2C)CC(=O)CCCCCCCCCCC(=O)NCCOC2(OCCNC(=O)CCN3C(=O)C=CC3=O)CCCC2)OC(CO)C(O)C1O. The Morgan fingerprint density at radius 3 is 1.02 bits per heavy atom. The summed E-state index contributed by atoms with van der Waals surface area (Å²) in [4.78, 5) is 103. The molecule has 3 saturated heterocycles. The number of aliphatic hydroxyl groups excluding tert-OH is 9. The van der Waals surface area contributed by atoms with Gasteiger partial charge in [-0.3, -0.25) is 43.3 Å². The first kappa shape index (κ1) is 106. The normalized spacial score (nSPS) is 25.2. The Morgan fingerprint density at radius 2 is 0.678 bits per heavy atom. The molecule has 15 atom stereocenters. The second-order valence-corrected chi connectivity index (χ2v) is 30.9. The fraction of sp³-hybridized carbons (Fsp3) is 0.877. The second-order valence-electron chi connectivity index (χ2n) is 30.9. The highest BCUT2D eigenvalue weighted by molar-refractivity contribution is 6.13. The van der Waals surface area contributed by atoms with Gasteiger partial charge in [0.2, 0.25) is 29.5 Å². The highest BCUT2D eigenvalue weighted by Gasteiger charge is 2.46. The maximum atomic E-state index is 14.1. The van der Waals surface area contributed by atoms with Gasteiger partial charge in [0.05, 0.1) is 190 Å². The molecular formula is C81H142N6O34. The molecular weight excluding hydrogens is 1600 g/mol. The van der Waals surface area contributed by atoms with Crippen LogP contribution in [0.1, 0.15) is 143 Å². The molecule has 121 heavy (non-hydrogen) atoms. The third kappa shape index (κ3) is 42.8. The average Bonchev–Trinajstić information content (AvgIpc) is 1.62. The maximum absolute atomic E-state index is 14.1. The highest BCUT2D eigenvalue weighted by Crippen LogP contribution is 2.35. The van der Waals surface area contributed by atoms with Crippen molar-refractivity contribution in [3.05, 3.63) is 12.2 Å². The number of hydrogen-bond acceptors (Lipinski definition) is 34. The van der Waals surface area contributed by atoms with Gasteiger partial charge in [-0.1, -0.05) is 59.3 Å². The number of carbonyl (C=O) groups is 8. The number of aliphatic hydroxyl groups is 9. The Labute approximate surface area is 709 Å². The van der Waals surface area contributed by atoms with E-state index in [1.165, 1.54) is 12.2 Å². The molecule has 4 fully saturated rings. The van der Waals surface area contributed by atoms with Crippen LogP contribution in [0, 0.1) is 23.2 Å². The third-order valence-corrected chi connectivity index (χ3v) is 21.1. The minimum Gasteiger partial charge on any atom is -0.394 e. The van der Waals surface area contributed by atoms with Crippen molar-refractivity contribution >= 4 is 47.1 Å². The van der Waals surface area contributed by atoms with Gasteiger partial charge >= 0.3 is 0 Å². The van der Waals surface area contributed by atoms with Gasteiger partial charge in [-0.15, -0.1) is 0 Å². The summed E-state index contributed by atoms with van der Waals surface area (Å²) < 4.78 is 98.1. The molecule has 0 aromatic heterocycles. The monoisotopic (exact) mass is 1740 g/mol. The predicted molar refractivity (Wildman–Crippen MR) is 427 cm³/mol. The fourth-order valence-electron chi connectivity index (χ4n) is 13.9. The Bertz CT molecular complexity index is 2690. The van der Waals surface area contributed by atoms with Gasteiger partial charge < -0.3 is 153 Å². The van der Waals surface area contributed by atoms with Gasteiger partial charge in [0.1, 0.15) is 42.4 Å². The van der Waals surface area contributed by atoms with Crippen molar-refractivity contribution < 1.29 is 165 Å². The molecule has 1 aliphatic carbocycles. The minimum absolute atomic E-state index is 0.00509. The van der Waals surface area contributed by atoms with Crippen molar-refractivity contribution in [1.29, 1.82) is 0 Å². The number of Topliss-reactive ketones (excluding diaryl/α,β-unsaturated/α-hetero) is 1. The first-order valence-corrected chi connectivity index (χ1v) is 43.0. The Hall–Kier alpha value is -5.14. The number of amides is 7. The van der Waals surface area contributed by atoms with E-state index in [4.69, 9.17) is 80.5 Å². The maximum Gasteiger partial charge on any atom is 0.253 e. The van der Waals surface area contributed by atoms with Crippen molar-refractivity contribution in [2.75, 3.05) is 211 Å². The lowest BCUT2D eigenvalue weighted by atomic mass is 9.84. The highest BCUT2D eigenvalue weighted by atomic mass is 16.7. The molecule has 0 spiro atoms. The standard InChI is InChI=1S/C81H142N6O34/c1-57-71(99)74(102)61(51-88)119-77(57)114-47-44-108-41-38-105-33-24-82-66(94)19-30-111-54-80(55-112-31-20-67(95)83-25-34-106-39-42-109-45-48-115-78-58(2)72(100)75(103)62(52-89)120-78,56-113-32-21-68(96)84-26-35-107-40-43-110-46-49-116-79-59(3)73(101)76(104)63(53-90)121-79)50-60(91)14-10-8-6-4-5-7-9-11-15-64(92)85-27-36-117-81(22-12-13-23-81)118-37-28-86-65(93)18-29-87-69(97)16-17-70(87)98/h16-17,57-59,61-63,71-79,88-90,99-104H,4-15,18-56H2,1-3H3,(H,82,94)(H,83,95)(H,84,96)(H,85,92)(H,86,93). The topological polar surface area (TPSA) is 539 Å². The van der Waals surface area contributed by atoms with E-state index in [1.54, 1.807) is 20.8 Å². The molecule has 40 heteroatoms. The zero-order chi connectivity index (χ0) is 87.9. The number of rotatable bonds is 72. The summed E-state index contributed by atoms with van der Waals surface area (Å²) in [5.41, 5.74) is -1.14. The van der Waals surface area contributed by atoms with Gasteiger partial charge in [0.25, 0.3) is 11.8 Å². The number of nitrogens with one attached hydrogen (secondary N) is 5. The van der Waals surface area contributed by atoms with Crippen LogP contribution in [0.2, 0.25) is 0 Å². The van der Waals surface area contributed by atoms with E-state index in [0.717, 1.165) is 62.7 Å². The fourth-order valence-corrected chi connectivity index (χ4v) is 13.9. The lowest BCUT2D eigenvalue weighted by molar-refractivity contribution is -0.284. The van der Waals surface area contributed by atoms with E-state index in [0.29, 0.717) is 32.2 Å². The van der Waals surface area contributed by atoms with Gasteiger partial charge in [0.15, 0.2) is 24.7 Å². The summed E-state index contributed by atoms with van der Waals surface area (Å²) in [6.07, 6.45) is 0.0672. The molecule has 0 aromatic carbocycles. The van der Waals surface area contributed by atoms with E-state index in [9.17, 15) is 84.3 Å². The summed E-state index contributed by atoms with van der Waals surface area (Å²) in [6, 6.07) is 0. The molecule has 7 amide bonds. The molecule has 40 nitrogen and oxygen atoms in total. The van der Waals surface area contributed by atoms with Crippen molar-refractivity contribution in [3.8, 4) is 0 Å². The zero-order valence-electron chi connectivity index (χ0n) is 71.1. The van der Waals surface area contributed by atoms with Crippen molar-refractivity contribution in [3.63, 3.8) is 0 Å². The summed E-state index contributed by atoms with van der Waals surface area (Å²) in [7, 11) is 0. The van der Waals surface area contributed by atoms with Gasteiger partial charge in [-0.05, 0) is 25.7 Å².